The highest BCUT2D eigenvalue weighted by atomic mass is 35.5. The topological polar surface area (TPSA) is 185 Å². The van der Waals surface area contributed by atoms with Crippen molar-refractivity contribution >= 4 is 35.1 Å². The van der Waals surface area contributed by atoms with Gasteiger partial charge in [-0.05, 0) is 32.3 Å². The number of rotatable bonds is 17. The van der Waals surface area contributed by atoms with E-state index in [4.69, 9.17) is 33.0 Å². The molecular formula is C32H46Cl2O10. The van der Waals surface area contributed by atoms with Gasteiger partial charge in [0.05, 0.1) is 41.8 Å². The number of hydrogen-bond donors (Lipinski definition) is 7. The number of aliphatic carboxylic acids is 1. The maximum Gasteiger partial charge on any atom is 0.331 e. The summed E-state index contributed by atoms with van der Waals surface area (Å²) in [7, 11) is 0. The average Bonchev–Trinajstić information content (AvgIpc) is 2.99. The van der Waals surface area contributed by atoms with E-state index < -0.39 is 71.9 Å². The molecule has 0 radical (unpaired) electrons. The minimum absolute atomic E-state index is 0.0705. The van der Waals surface area contributed by atoms with Crippen LogP contribution in [0.2, 0.25) is 0 Å². The summed E-state index contributed by atoms with van der Waals surface area (Å²) in [5.74, 6) is -3.06. The molecule has 44 heavy (non-hydrogen) atoms. The SMILES string of the molecule is CC/C=C/C(O)C(Cl)C(O)CC(O)C(O)C(O)C(C)/C(Cl)=C/C=C/C=C(C)/C=C/C=C/C(=O)OC1CC(C(=O)O)CCC1O. The van der Waals surface area contributed by atoms with Gasteiger partial charge in [-0.3, -0.25) is 4.79 Å². The van der Waals surface area contributed by atoms with Gasteiger partial charge in [0.15, 0.2) is 0 Å². The monoisotopic (exact) mass is 660 g/mol. The van der Waals surface area contributed by atoms with Crippen molar-refractivity contribution in [3.63, 3.8) is 0 Å². The van der Waals surface area contributed by atoms with Gasteiger partial charge in [-0.2, -0.15) is 0 Å². The summed E-state index contributed by atoms with van der Waals surface area (Å²) >= 11 is 12.3. The van der Waals surface area contributed by atoms with Crippen LogP contribution in [0.3, 0.4) is 0 Å². The zero-order valence-corrected chi connectivity index (χ0v) is 26.7. The van der Waals surface area contributed by atoms with Crippen molar-refractivity contribution in [1.82, 2.24) is 0 Å². The number of ether oxygens (including phenoxy) is 1. The number of carbonyl (C=O) groups excluding carboxylic acids is 1. The molecule has 1 saturated carbocycles. The lowest BCUT2D eigenvalue weighted by Crippen LogP contribution is -2.44. The fourth-order valence-corrected chi connectivity index (χ4v) is 4.76. The summed E-state index contributed by atoms with van der Waals surface area (Å²) in [6, 6.07) is 0. The maximum atomic E-state index is 12.0. The number of allylic oxidation sites excluding steroid dienone is 9. The van der Waals surface area contributed by atoms with Crippen molar-refractivity contribution in [2.75, 3.05) is 0 Å². The van der Waals surface area contributed by atoms with Gasteiger partial charge in [-0.15, -0.1) is 11.6 Å². The Labute approximate surface area is 269 Å². The number of alkyl halides is 1. The van der Waals surface area contributed by atoms with Crippen LogP contribution in [-0.4, -0.2) is 95.8 Å². The Morgan fingerprint density at radius 3 is 2.23 bits per heavy atom. The first-order chi connectivity index (χ1) is 20.7. The average molecular weight is 662 g/mol. The molecule has 1 fully saturated rings. The van der Waals surface area contributed by atoms with E-state index >= 15 is 0 Å². The van der Waals surface area contributed by atoms with Crippen molar-refractivity contribution in [2.24, 2.45) is 11.8 Å². The summed E-state index contributed by atoms with van der Waals surface area (Å²) in [6.45, 7) is 5.24. The summed E-state index contributed by atoms with van der Waals surface area (Å²) in [6.07, 6.45) is 7.79. The second kappa shape index (κ2) is 20.7. The van der Waals surface area contributed by atoms with E-state index in [1.54, 1.807) is 43.4 Å². The molecule has 12 heteroatoms. The van der Waals surface area contributed by atoms with Crippen LogP contribution in [0.5, 0.6) is 0 Å². The Kier molecular flexibility index (Phi) is 18.7. The summed E-state index contributed by atoms with van der Waals surface area (Å²) < 4.78 is 5.21. The van der Waals surface area contributed by atoms with Gasteiger partial charge >= 0.3 is 11.9 Å². The number of aliphatic hydroxyl groups is 6. The highest BCUT2D eigenvalue weighted by Gasteiger charge is 2.35. The van der Waals surface area contributed by atoms with Gasteiger partial charge in [0.1, 0.15) is 12.2 Å². The van der Waals surface area contributed by atoms with Crippen molar-refractivity contribution < 1.29 is 50.1 Å². The molecule has 0 aromatic heterocycles. The van der Waals surface area contributed by atoms with Crippen LogP contribution in [0, 0.1) is 11.8 Å². The van der Waals surface area contributed by atoms with Crippen molar-refractivity contribution in [2.45, 2.75) is 101 Å². The molecule has 1 aliphatic rings. The molecule has 10 atom stereocenters. The third-order valence-electron chi connectivity index (χ3n) is 7.24. The lowest BCUT2D eigenvalue weighted by molar-refractivity contribution is -0.159. The fraction of sp³-hybridized carbons (Fsp3) is 0.562. The molecule has 0 aliphatic heterocycles. The molecular weight excluding hydrogens is 615 g/mol. The number of carboxylic acids is 1. The van der Waals surface area contributed by atoms with Gasteiger partial charge in [0, 0.05) is 29.9 Å². The Balaban J connectivity index is 2.60. The number of halogens is 2. The molecule has 248 valence electrons. The van der Waals surface area contributed by atoms with E-state index in [1.165, 1.54) is 24.3 Å². The molecule has 0 amide bonds. The Hall–Kier alpha value is -2.28. The largest absolute Gasteiger partial charge is 0.481 e. The predicted octanol–water partition coefficient (Wildman–Crippen LogP) is 3.29. The van der Waals surface area contributed by atoms with E-state index in [1.807, 2.05) is 13.8 Å². The van der Waals surface area contributed by atoms with E-state index in [0.29, 0.717) is 12.8 Å². The molecule has 0 heterocycles. The minimum Gasteiger partial charge on any atom is -0.481 e. The summed E-state index contributed by atoms with van der Waals surface area (Å²) in [5.41, 5.74) is 0.814. The number of carboxylic acid groups (broad SMARTS) is 1. The summed E-state index contributed by atoms with van der Waals surface area (Å²) in [5, 5.41) is 69.7. The molecule has 7 N–H and O–H groups in total. The number of esters is 1. The molecule has 0 saturated heterocycles. The van der Waals surface area contributed by atoms with E-state index in [0.717, 1.165) is 5.57 Å². The number of aliphatic hydroxyl groups excluding tert-OH is 6. The molecule has 0 aromatic rings. The predicted molar refractivity (Wildman–Crippen MR) is 169 cm³/mol. The maximum absolute atomic E-state index is 12.0. The van der Waals surface area contributed by atoms with Crippen LogP contribution in [0.1, 0.15) is 52.9 Å². The van der Waals surface area contributed by atoms with Crippen LogP contribution in [0.15, 0.2) is 71.4 Å². The summed E-state index contributed by atoms with van der Waals surface area (Å²) in [4.78, 5) is 23.2. The molecule has 1 rings (SSSR count). The first-order valence-corrected chi connectivity index (χ1v) is 15.4. The molecule has 0 spiro atoms. The van der Waals surface area contributed by atoms with Gasteiger partial charge in [0.25, 0.3) is 0 Å². The lowest BCUT2D eigenvalue weighted by atomic mass is 9.85. The Bertz CT molecular complexity index is 1080. The quantitative estimate of drug-likeness (QED) is 0.0401. The van der Waals surface area contributed by atoms with Crippen molar-refractivity contribution in [1.29, 1.82) is 0 Å². The zero-order valence-electron chi connectivity index (χ0n) is 25.2. The fourth-order valence-electron chi connectivity index (χ4n) is 4.37. The second-order valence-electron chi connectivity index (χ2n) is 10.9. The molecule has 10 unspecified atom stereocenters. The van der Waals surface area contributed by atoms with Crippen LogP contribution >= 0.6 is 23.2 Å². The first kappa shape index (κ1) is 39.7. The molecule has 0 bridgehead atoms. The molecule has 1 aliphatic carbocycles. The first-order valence-electron chi connectivity index (χ1n) is 14.6. The van der Waals surface area contributed by atoms with Gasteiger partial charge < -0.3 is 40.5 Å². The van der Waals surface area contributed by atoms with Crippen LogP contribution in [0.25, 0.3) is 0 Å². The van der Waals surface area contributed by atoms with E-state index in [-0.39, 0.29) is 24.3 Å². The van der Waals surface area contributed by atoms with Crippen molar-refractivity contribution in [3.05, 3.63) is 71.4 Å². The third kappa shape index (κ3) is 14.2. The Morgan fingerprint density at radius 1 is 0.955 bits per heavy atom. The van der Waals surface area contributed by atoms with Crippen LogP contribution in [-0.2, 0) is 14.3 Å². The zero-order chi connectivity index (χ0) is 33.4. The highest BCUT2D eigenvalue weighted by Crippen LogP contribution is 2.27. The van der Waals surface area contributed by atoms with E-state index in [9.17, 15) is 40.2 Å². The smallest absolute Gasteiger partial charge is 0.331 e. The van der Waals surface area contributed by atoms with Crippen molar-refractivity contribution in [3.8, 4) is 0 Å². The Morgan fingerprint density at radius 2 is 1.59 bits per heavy atom. The van der Waals surface area contributed by atoms with Crippen LogP contribution in [0.4, 0.5) is 0 Å². The van der Waals surface area contributed by atoms with Crippen LogP contribution < -0.4 is 0 Å². The number of hydrogen-bond acceptors (Lipinski definition) is 9. The highest BCUT2D eigenvalue weighted by molar-refractivity contribution is 6.30. The molecule has 10 nitrogen and oxygen atoms in total. The molecule has 0 aromatic carbocycles. The number of carbonyl (C=O) groups is 2. The normalized spacial score (nSPS) is 25.3. The van der Waals surface area contributed by atoms with Gasteiger partial charge in [0.2, 0.25) is 0 Å². The lowest BCUT2D eigenvalue weighted by Gasteiger charge is -2.30. The standard InChI is InChI=1S/C32H46Cl2O10/c1-4-5-13-24(36)29(34)25(37)18-26(38)31(41)30(40)20(3)22(33)12-8-6-10-19(2)11-7-9-14-28(39)44-27-17-21(32(42)43)15-16-23(27)35/h5-14,20-21,23-27,29-31,35-38,40-41H,4,15-18H2,1-3H3,(H,42,43)/b8-6+,11-7+,13-5+,14-9+,19-10+,22-12-. The second-order valence-corrected chi connectivity index (χ2v) is 11.8. The third-order valence-corrected chi connectivity index (χ3v) is 8.26. The van der Waals surface area contributed by atoms with Gasteiger partial charge in [-0.25, -0.2) is 4.79 Å². The van der Waals surface area contributed by atoms with E-state index in [2.05, 4.69) is 0 Å². The van der Waals surface area contributed by atoms with Gasteiger partial charge in [-0.1, -0.05) is 79.6 Å². The minimum atomic E-state index is -1.63.